The number of rotatable bonds is 3. The number of carbonyl (C=O) groups excluding carboxylic acids is 1. The molecule has 2 saturated heterocycles. The number of aromatic nitrogens is 4. The number of aromatic amines is 1. The Bertz CT molecular complexity index is 870. The Morgan fingerprint density at radius 2 is 2.00 bits per heavy atom. The molecule has 0 bridgehead atoms. The molecule has 1 N–H and O–H groups in total. The number of anilines is 1. The number of hydrogen-bond donors (Lipinski definition) is 1. The van der Waals surface area contributed by atoms with Crippen LogP contribution in [0.2, 0.25) is 0 Å². The molecular formula is C19H24N6O2. The molecule has 2 aromatic heterocycles. The van der Waals surface area contributed by atoms with Crippen molar-refractivity contribution in [2.24, 2.45) is 0 Å². The maximum atomic E-state index is 12.7. The predicted molar refractivity (Wildman–Crippen MR) is 101 cm³/mol. The minimum atomic E-state index is -0.311. The van der Waals surface area contributed by atoms with Gasteiger partial charge in [-0.05, 0) is 32.6 Å². The molecule has 0 unspecified atom stereocenters. The van der Waals surface area contributed by atoms with Crippen LogP contribution in [0.1, 0.15) is 53.6 Å². The standard InChI is InChI=1S/C19H24N6O2/c1-13-22-15(9-17(23-13)24-6-2-3-7-24)14-5-4-8-25(12-14)19(27)16-10-21-18(26)11-20-16/h9-11,14H,2-8,12H2,1H3,(H,21,26)/t14-/m0/s1. The first kappa shape index (κ1) is 17.6. The van der Waals surface area contributed by atoms with Crippen LogP contribution in [0.4, 0.5) is 5.82 Å². The van der Waals surface area contributed by atoms with Crippen molar-refractivity contribution in [3.8, 4) is 0 Å². The van der Waals surface area contributed by atoms with Crippen molar-refractivity contribution in [3.63, 3.8) is 0 Å². The lowest BCUT2D eigenvalue weighted by molar-refractivity contribution is 0.0699. The van der Waals surface area contributed by atoms with Gasteiger partial charge in [0.2, 0.25) is 0 Å². The lowest BCUT2D eigenvalue weighted by atomic mass is 9.94. The second kappa shape index (κ2) is 7.46. The third-order valence-electron chi connectivity index (χ3n) is 5.29. The van der Waals surface area contributed by atoms with Crippen LogP contribution in [-0.4, -0.2) is 56.9 Å². The lowest BCUT2D eigenvalue weighted by Crippen LogP contribution is -2.40. The summed E-state index contributed by atoms with van der Waals surface area (Å²) in [6.07, 6.45) is 6.85. The number of carbonyl (C=O) groups is 1. The molecule has 0 spiro atoms. The zero-order chi connectivity index (χ0) is 18.8. The average Bonchev–Trinajstić information content (AvgIpc) is 3.23. The number of nitrogens with zero attached hydrogens (tertiary/aromatic N) is 5. The molecule has 0 radical (unpaired) electrons. The van der Waals surface area contributed by atoms with E-state index in [0.717, 1.165) is 49.5 Å². The zero-order valence-corrected chi connectivity index (χ0v) is 15.5. The van der Waals surface area contributed by atoms with Gasteiger partial charge < -0.3 is 14.8 Å². The second-order valence-electron chi connectivity index (χ2n) is 7.28. The predicted octanol–water partition coefficient (Wildman–Crippen LogP) is 1.49. The average molecular weight is 368 g/mol. The van der Waals surface area contributed by atoms with E-state index >= 15 is 0 Å². The number of nitrogens with one attached hydrogen (secondary N) is 1. The van der Waals surface area contributed by atoms with Gasteiger partial charge >= 0.3 is 0 Å². The minimum Gasteiger partial charge on any atom is -0.357 e. The quantitative estimate of drug-likeness (QED) is 0.882. The molecule has 2 aliphatic heterocycles. The third kappa shape index (κ3) is 3.84. The van der Waals surface area contributed by atoms with Crippen molar-refractivity contribution in [2.45, 2.75) is 38.5 Å². The Kier molecular flexibility index (Phi) is 4.87. The molecule has 2 aromatic rings. The molecule has 142 valence electrons. The zero-order valence-electron chi connectivity index (χ0n) is 15.5. The van der Waals surface area contributed by atoms with Gasteiger partial charge in [-0.3, -0.25) is 9.59 Å². The topological polar surface area (TPSA) is 95.1 Å². The smallest absolute Gasteiger partial charge is 0.273 e. The Morgan fingerprint density at radius 3 is 2.74 bits per heavy atom. The van der Waals surface area contributed by atoms with Crippen molar-refractivity contribution in [1.82, 2.24) is 24.8 Å². The summed E-state index contributed by atoms with van der Waals surface area (Å²) in [5.41, 5.74) is 0.970. The highest BCUT2D eigenvalue weighted by Gasteiger charge is 2.28. The number of amides is 1. The maximum absolute atomic E-state index is 12.7. The number of piperidine rings is 1. The number of hydrogen-bond acceptors (Lipinski definition) is 6. The molecule has 2 aliphatic rings. The Balaban J connectivity index is 1.53. The summed E-state index contributed by atoms with van der Waals surface area (Å²) in [4.78, 5) is 43.8. The summed E-state index contributed by atoms with van der Waals surface area (Å²) in [6.45, 7) is 5.32. The van der Waals surface area contributed by atoms with Crippen LogP contribution in [0.15, 0.2) is 23.3 Å². The Hall–Kier alpha value is -2.77. The van der Waals surface area contributed by atoms with Gasteiger partial charge in [-0.2, -0.15) is 0 Å². The third-order valence-corrected chi connectivity index (χ3v) is 5.29. The first-order valence-corrected chi connectivity index (χ1v) is 9.55. The van der Waals surface area contributed by atoms with Crippen LogP contribution in [0.5, 0.6) is 0 Å². The van der Waals surface area contributed by atoms with E-state index in [1.54, 1.807) is 0 Å². The molecular weight excluding hydrogens is 344 g/mol. The van der Waals surface area contributed by atoms with E-state index < -0.39 is 0 Å². The van der Waals surface area contributed by atoms with Crippen LogP contribution in [-0.2, 0) is 0 Å². The van der Waals surface area contributed by atoms with E-state index in [9.17, 15) is 9.59 Å². The first-order valence-electron chi connectivity index (χ1n) is 9.55. The molecule has 0 saturated carbocycles. The van der Waals surface area contributed by atoms with Crippen molar-refractivity contribution >= 4 is 11.7 Å². The van der Waals surface area contributed by atoms with Crippen molar-refractivity contribution in [2.75, 3.05) is 31.1 Å². The van der Waals surface area contributed by atoms with Gasteiger partial charge in [-0.1, -0.05) is 0 Å². The van der Waals surface area contributed by atoms with E-state index in [1.165, 1.54) is 19.0 Å². The first-order chi connectivity index (χ1) is 13.1. The fraction of sp³-hybridized carbons (Fsp3) is 0.526. The molecule has 4 rings (SSSR count). The summed E-state index contributed by atoms with van der Waals surface area (Å²) >= 11 is 0. The summed E-state index contributed by atoms with van der Waals surface area (Å²) < 4.78 is 0. The monoisotopic (exact) mass is 368 g/mol. The molecule has 8 nitrogen and oxygen atoms in total. The normalized spacial score (nSPS) is 20.1. The van der Waals surface area contributed by atoms with Crippen LogP contribution < -0.4 is 10.5 Å². The van der Waals surface area contributed by atoms with E-state index in [0.29, 0.717) is 13.1 Å². The molecule has 8 heteroatoms. The molecule has 0 aliphatic carbocycles. The highest BCUT2D eigenvalue weighted by atomic mass is 16.2. The SMILES string of the molecule is Cc1nc([C@H]2CCCN(C(=O)c3c[nH]c(=O)cn3)C2)cc(N2CCCC2)n1. The summed E-state index contributed by atoms with van der Waals surface area (Å²) in [5, 5.41) is 0. The minimum absolute atomic E-state index is 0.151. The van der Waals surface area contributed by atoms with Gasteiger partial charge in [-0.15, -0.1) is 0 Å². The Morgan fingerprint density at radius 1 is 1.19 bits per heavy atom. The highest BCUT2D eigenvalue weighted by Crippen LogP contribution is 2.29. The van der Waals surface area contributed by atoms with Crippen molar-refractivity contribution in [1.29, 1.82) is 0 Å². The molecule has 1 amide bonds. The van der Waals surface area contributed by atoms with Crippen molar-refractivity contribution in [3.05, 3.63) is 46.0 Å². The molecule has 0 aromatic carbocycles. The van der Waals surface area contributed by atoms with E-state index in [1.807, 2.05) is 11.8 Å². The van der Waals surface area contributed by atoms with Crippen LogP contribution in [0.3, 0.4) is 0 Å². The van der Waals surface area contributed by atoms with Crippen molar-refractivity contribution < 1.29 is 4.79 Å². The summed E-state index contributed by atoms with van der Waals surface area (Å²) in [6, 6.07) is 2.09. The van der Waals surface area contributed by atoms with Gasteiger partial charge in [0.15, 0.2) is 0 Å². The van der Waals surface area contributed by atoms with E-state index in [-0.39, 0.29) is 23.1 Å². The fourth-order valence-corrected chi connectivity index (χ4v) is 3.92. The molecule has 2 fully saturated rings. The van der Waals surface area contributed by atoms with E-state index in [2.05, 4.69) is 30.9 Å². The van der Waals surface area contributed by atoms with Crippen LogP contribution >= 0.6 is 0 Å². The molecule has 1 atom stereocenters. The maximum Gasteiger partial charge on any atom is 0.273 e. The van der Waals surface area contributed by atoms with Gasteiger partial charge in [0.25, 0.3) is 11.5 Å². The van der Waals surface area contributed by atoms with Gasteiger partial charge in [0, 0.05) is 44.4 Å². The largest absolute Gasteiger partial charge is 0.357 e. The second-order valence-corrected chi connectivity index (χ2v) is 7.28. The summed E-state index contributed by atoms with van der Waals surface area (Å²) in [7, 11) is 0. The lowest BCUT2D eigenvalue weighted by Gasteiger charge is -2.32. The highest BCUT2D eigenvalue weighted by molar-refractivity contribution is 5.92. The van der Waals surface area contributed by atoms with Gasteiger partial charge in [0.1, 0.15) is 17.3 Å². The van der Waals surface area contributed by atoms with E-state index in [4.69, 9.17) is 0 Å². The number of likely N-dealkylation sites (tertiary alicyclic amines) is 1. The molecule has 27 heavy (non-hydrogen) atoms. The number of H-pyrrole nitrogens is 1. The molecule has 4 heterocycles. The van der Waals surface area contributed by atoms with Crippen LogP contribution in [0, 0.1) is 6.92 Å². The van der Waals surface area contributed by atoms with Gasteiger partial charge in [0.05, 0.1) is 11.9 Å². The fourth-order valence-electron chi connectivity index (χ4n) is 3.92. The summed E-state index contributed by atoms with van der Waals surface area (Å²) in [5.74, 6) is 1.82. The van der Waals surface area contributed by atoms with Gasteiger partial charge in [-0.25, -0.2) is 15.0 Å². The number of aryl methyl sites for hydroxylation is 1. The van der Waals surface area contributed by atoms with Crippen LogP contribution in [0.25, 0.3) is 0 Å². The Labute approximate surface area is 157 Å².